The first-order valence-electron chi connectivity index (χ1n) is 7.41. The van der Waals surface area contributed by atoms with E-state index in [-0.39, 0.29) is 30.2 Å². The van der Waals surface area contributed by atoms with Crippen LogP contribution in [0, 0.1) is 11.8 Å². The summed E-state index contributed by atoms with van der Waals surface area (Å²) in [6, 6.07) is 0. The van der Waals surface area contributed by atoms with E-state index in [0.717, 1.165) is 24.7 Å². The highest BCUT2D eigenvalue weighted by atomic mass is 16.7. The zero-order valence-corrected chi connectivity index (χ0v) is 13.1. The van der Waals surface area contributed by atoms with Crippen molar-refractivity contribution in [1.82, 2.24) is 0 Å². The van der Waals surface area contributed by atoms with E-state index in [2.05, 4.69) is 6.08 Å². The predicted octanol–water partition coefficient (Wildman–Crippen LogP) is 3.07. The van der Waals surface area contributed by atoms with Crippen molar-refractivity contribution >= 4 is 13.1 Å². The molecule has 0 saturated carbocycles. The molecule has 0 bridgehead atoms. The van der Waals surface area contributed by atoms with Gasteiger partial charge in [0.2, 0.25) is 0 Å². The van der Waals surface area contributed by atoms with E-state index in [1.165, 1.54) is 0 Å². The Bertz CT molecular complexity index is 412. The molecule has 0 aromatic heterocycles. The summed E-state index contributed by atoms with van der Waals surface area (Å²) in [6.07, 6.45) is 4.67. The number of carboxylic acids is 1. The van der Waals surface area contributed by atoms with Gasteiger partial charge in [0.25, 0.3) is 0 Å². The van der Waals surface area contributed by atoms with E-state index in [1.807, 2.05) is 27.7 Å². The van der Waals surface area contributed by atoms with Gasteiger partial charge in [-0.2, -0.15) is 0 Å². The summed E-state index contributed by atoms with van der Waals surface area (Å²) in [5.41, 5.74) is 0.533. The monoisotopic (exact) mass is 280 g/mol. The lowest BCUT2D eigenvalue weighted by molar-refractivity contribution is -0.143. The molecule has 2 aliphatic rings. The summed E-state index contributed by atoms with van der Waals surface area (Å²) < 4.78 is 12.1. The van der Waals surface area contributed by atoms with Gasteiger partial charge in [0.15, 0.2) is 0 Å². The molecule has 1 N–H and O–H groups in total. The summed E-state index contributed by atoms with van der Waals surface area (Å²) in [4.78, 5) is 11.0. The highest BCUT2D eigenvalue weighted by Gasteiger charge is 2.52. The first-order chi connectivity index (χ1) is 9.14. The van der Waals surface area contributed by atoms with Crippen LogP contribution in [0.4, 0.5) is 0 Å². The Morgan fingerprint density at radius 1 is 1.35 bits per heavy atom. The van der Waals surface area contributed by atoms with Crippen LogP contribution in [-0.4, -0.2) is 29.4 Å². The van der Waals surface area contributed by atoms with E-state index in [4.69, 9.17) is 14.4 Å². The molecule has 1 heterocycles. The van der Waals surface area contributed by atoms with Crippen LogP contribution in [0.3, 0.4) is 0 Å². The highest BCUT2D eigenvalue weighted by molar-refractivity contribution is 6.54. The third-order valence-corrected chi connectivity index (χ3v) is 5.14. The SMILES string of the molecule is CC(C(=O)O)C1CC=C(B2OC(C)(C)C(C)(C)O2)CC1. The Balaban J connectivity index is 2.02. The third-order valence-electron chi connectivity index (χ3n) is 5.14. The number of hydrogen-bond donors (Lipinski definition) is 1. The predicted molar refractivity (Wildman–Crippen MR) is 78.3 cm³/mol. The molecule has 2 rings (SSSR count). The van der Waals surface area contributed by atoms with Crippen molar-refractivity contribution in [3.63, 3.8) is 0 Å². The highest BCUT2D eigenvalue weighted by Crippen LogP contribution is 2.41. The first-order valence-corrected chi connectivity index (χ1v) is 7.41. The van der Waals surface area contributed by atoms with Crippen molar-refractivity contribution < 1.29 is 19.2 Å². The minimum absolute atomic E-state index is 0.221. The van der Waals surface area contributed by atoms with Crippen LogP contribution >= 0.6 is 0 Å². The fourth-order valence-electron chi connectivity index (χ4n) is 2.74. The van der Waals surface area contributed by atoms with E-state index in [9.17, 15) is 4.79 Å². The average molecular weight is 280 g/mol. The summed E-state index contributed by atoms with van der Waals surface area (Å²) in [6.45, 7) is 9.98. The number of carboxylic acid groups (broad SMARTS) is 1. The second-order valence-corrected chi connectivity index (χ2v) is 7.03. The summed E-state index contributed by atoms with van der Waals surface area (Å²) in [5, 5.41) is 9.08. The lowest BCUT2D eigenvalue weighted by Gasteiger charge is -2.32. The maximum absolute atomic E-state index is 11.0. The van der Waals surface area contributed by atoms with E-state index < -0.39 is 5.97 Å². The molecule has 20 heavy (non-hydrogen) atoms. The van der Waals surface area contributed by atoms with Crippen molar-refractivity contribution in [1.29, 1.82) is 0 Å². The molecule has 0 radical (unpaired) electrons. The van der Waals surface area contributed by atoms with E-state index in [0.29, 0.717) is 0 Å². The molecular weight excluding hydrogens is 255 g/mol. The second kappa shape index (κ2) is 5.19. The van der Waals surface area contributed by atoms with Gasteiger partial charge in [-0.25, -0.2) is 0 Å². The molecule has 0 aromatic rings. The Labute approximate surface area is 121 Å². The van der Waals surface area contributed by atoms with Gasteiger partial charge in [0.05, 0.1) is 17.1 Å². The van der Waals surface area contributed by atoms with Crippen molar-refractivity contribution in [3.8, 4) is 0 Å². The van der Waals surface area contributed by atoms with Crippen molar-refractivity contribution in [2.24, 2.45) is 11.8 Å². The largest absolute Gasteiger partial charge is 0.490 e. The molecule has 0 amide bonds. The summed E-state index contributed by atoms with van der Waals surface area (Å²) in [7, 11) is -0.277. The number of allylic oxidation sites excluding steroid dienone is 2. The normalized spacial score (nSPS) is 29.9. The van der Waals surface area contributed by atoms with Crippen molar-refractivity contribution in [2.75, 3.05) is 0 Å². The lowest BCUT2D eigenvalue weighted by atomic mass is 9.69. The zero-order chi connectivity index (χ0) is 15.1. The number of aliphatic carboxylic acids is 1. The van der Waals surface area contributed by atoms with E-state index >= 15 is 0 Å². The molecule has 112 valence electrons. The van der Waals surface area contributed by atoms with Crippen molar-refractivity contribution in [2.45, 2.75) is 65.1 Å². The van der Waals surface area contributed by atoms with Crippen LogP contribution < -0.4 is 0 Å². The number of rotatable bonds is 3. The smallest absolute Gasteiger partial charge is 0.481 e. The van der Waals surface area contributed by atoms with Crippen molar-refractivity contribution in [3.05, 3.63) is 11.5 Å². The molecule has 1 saturated heterocycles. The van der Waals surface area contributed by atoms with Gasteiger partial charge in [0, 0.05) is 0 Å². The Kier molecular flexibility index (Phi) is 4.04. The molecule has 2 atom stereocenters. The van der Waals surface area contributed by atoms with Gasteiger partial charge in [-0.05, 0) is 58.3 Å². The maximum atomic E-state index is 11.0. The maximum Gasteiger partial charge on any atom is 0.490 e. The van der Waals surface area contributed by atoms with Gasteiger partial charge in [-0.3, -0.25) is 4.79 Å². The molecule has 0 spiro atoms. The van der Waals surface area contributed by atoms with Crippen LogP contribution in [0.25, 0.3) is 0 Å². The molecule has 0 aromatic carbocycles. The second-order valence-electron chi connectivity index (χ2n) is 7.03. The third kappa shape index (κ3) is 2.79. The van der Waals surface area contributed by atoms with Gasteiger partial charge in [0.1, 0.15) is 0 Å². The van der Waals surface area contributed by atoms with Crippen LogP contribution in [-0.2, 0) is 14.1 Å². The minimum Gasteiger partial charge on any atom is -0.481 e. The number of carbonyl (C=O) groups is 1. The molecule has 1 aliphatic carbocycles. The molecule has 4 nitrogen and oxygen atoms in total. The summed E-state index contributed by atoms with van der Waals surface area (Å²) >= 11 is 0. The van der Waals surface area contributed by atoms with Crippen LogP contribution in [0.1, 0.15) is 53.9 Å². The quantitative estimate of drug-likeness (QED) is 0.807. The van der Waals surface area contributed by atoms with Gasteiger partial charge < -0.3 is 14.4 Å². The fraction of sp³-hybridized carbons (Fsp3) is 0.800. The fourth-order valence-corrected chi connectivity index (χ4v) is 2.74. The van der Waals surface area contributed by atoms with Crippen LogP contribution in [0.5, 0.6) is 0 Å². The molecule has 1 fully saturated rings. The lowest BCUT2D eigenvalue weighted by Crippen LogP contribution is -2.41. The van der Waals surface area contributed by atoms with Gasteiger partial charge in [-0.1, -0.05) is 13.0 Å². The van der Waals surface area contributed by atoms with Gasteiger partial charge in [-0.15, -0.1) is 0 Å². The minimum atomic E-state index is -0.706. The van der Waals surface area contributed by atoms with Gasteiger partial charge >= 0.3 is 13.1 Å². The molecule has 2 unspecified atom stereocenters. The molecule has 1 aliphatic heterocycles. The standard InChI is InChI=1S/C15H25BO4/c1-10(13(17)18)11-6-8-12(9-7-11)16-19-14(2,3)15(4,5)20-16/h8,10-11H,6-7,9H2,1-5H3,(H,17,18). The zero-order valence-electron chi connectivity index (χ0n) is 13.1. The average Bonchev–Trinajstić information content (AvgIpc) is 2.57. The number of hydrogen-bond acceptors (Lipinski definition) is 3. The summed E-state index contributed by atoms with van der Waals surface area (Å²) in [5.74, 6) is -0.771. The molecular formula is C15H25BO4. The first kappa shape index (κ1) is 15.6. The Hall–Kier alpha value is -0.805. The van der Waals surface area contributed by atoms with Crippen LogP contribution in [0.15, 0.2) is 11.5 Å². The topological polar surface area (TPSA) is 55.8 Å². The Morgan fingerprint density at radius 2 is 1.90 bits per heavy atom. The molecule has 5 heteroatoms. The van der Waals surface area contributed by atoms with Crippen LogP contribution in [0.2, 0.25) is 0 Å². The Morgan fingerprint density at radius 3 is 2.30 bits per heavy atom. The van der Waals surface area contributed by atoms with E-state index in [1.54, 1.807) is 6.92 Å².